The zero-order chi connectivity index (χ0) is 73.1. The van der Waals surface area contributed by atoms with Crippen molar-refractivity contribution in [3.63, 3.8) is 0 Å². The number of carbonyl (C=O) groups excluding carboxylic acids is 9. The van der Waals surface area contributed by atoms with Crippen LogP contribution in [0, 0.1) is 29.6 Å². The molecule has 0 fully saturated rings. The zero-order valence-electron chi connectivity index (χ0n) is 57.8. The van der Waals surface area contributed by atoms with E-state index >= 15 is 0 Å². The van der Waals surface area contributed by atoms with Crippen LogP contribution in [0.25, 0.3) is 21.8 Å². The third-order valence-corrected chi connectivity index (χ3v) is 16.2. The number of aliphatic carboxylic acids is 1. The van der Waals surface area contributed by atoms with E-state index in [1.54, 1.807) is 73.8 Å². The van der Waals surface area contributed by atoms with Crippen LogP contribution >= 0.6 is 0 Å². The Labute approximate surface area is 571 Å². The molecule has 2 heterocycles. The van der Waals surface area contributed by atoms with Gasteiger partial charge in [-0.1, -0.05) is 106 Å². The van der Waals surface area contributed by atoms with Crippen molar-refractivity contribution in [3.8, 4) is 0 Å². The molecule has 9 amide bonds. The summed E-state index contributed by atoms with van der Waals surface area (Å²) < 4.78 is 0. The van der Waals surface area contributed by atoms with Gasteiger partial charge in [0.2, 0.25) is 53.2 Å². The Morgan fingerprint density at radius 3 is 1.08 bits per heavy atom. The minimum Gasteiger partial charge on any atom is -0.480 e. The molecule has 2 aromatic carbocycles. The molecule has 0 aliphatic carbocycles. The average Bonchev–Trinajstić information content (AvgIpc) is 1.61. The second-order valence-electron chi connectivity index (χ2n) is 26.3. The van der Waals surface area contributed by atoms with Crippen molar-refractivity contribution in [3.05, 3.63) is 72.1 Å². The van der Waals surface area contributed by atoms with Crippen molar-refractivity contribution in [1.82, 2.24) is 57.8 Å². The van der Waals surface area contributed by atoms with E-state index in [0.717, 1.165) is 21.8 Å². The number of nitrogens with one attached hydrogen (secondary N) is 11. The Bertz CT molecular complexity index is 3440. The van der Waals surface area contributed by atoms with Gasteiger partial charge in [-0.3, -0.25) is 58.1 Å². The molecule has 4 rings (SSSR count). The molecule has 26 N–H and O–H groups in total. The largest absolute Gasteiger partial charge is 0.480 e. The van der Waals surface area contributed by atoms with Gasteiger partial charge in [0.05, 0.1) is 6.04 Å². The summed E-state index contributed by atoms with van der Waals surface area (Å²) in [4.78, 5) is 160. The number of H-pyrrole nitrogens is 2. The van der Waals surface area contributed by atoms with Crippen LogP contribution in [0.5, 0.6) is 0 Å². The van der Waals surface area contributed by atoms with Crippen LogP contribution in [0.4, 0.5) is 0 Å². The van der Waals surface area contributed by atoms with Gasteiger partial charge < -0.3 is 103 Å². The molecular weight excluding hydrogens is 1260 g/mol. The number of aromatic nitrogens is 2. The van der Waals surface area contributed by atoms with Crippen LogP contribution in [-0.2, 0) is 60.8 Å². The third kappa shape index (κ3) is 25.9. The highest BCUT2D eigenvalue weighted by molar-refractivity contribution is 6.00. The summed E-state index contributed by atoms with van der Waals surface area (Å²) in [6.45, 7) is 17.5. The van der Waals surface area contributed by atoms with Crippen LogP contribution in [0.15, 0.2) is 75.9 Å². The highest BCUT2D eigenvalue weighted by atomic mass is 16.4. The number of guanidine groups is 3. The number of aromatic amines is 2. The van der Waals surface area contributed by atoms with Crippen LogP contribution < -0.4 is 88.0 Å². The number of hydrogen-bond donors (Lipinski definition) is 19. The molecule has 0 aliphatic heterocycles. The first-order valence-electron chi connectivity index (χ1n) is 33.2. The number of carbonyl (C=O) groups is 10. The lowest BCUT2D eigenvalue weighted by Gasteiger charge is -2.31. The number of nitrogens with zero attached hydrogens (tertiary/aromatic N) is 3. The number of amides is 9. The lowest BCUT2D eigenvalue weighted by molar-refractivity contribution is -0.142. The fraction of sp³-hybridized carbons (Fsp3) is 0.561. The van der Waals surface area contributed by atoms with Gasteiger partial charge in [0.1, 0.15) is 54.4 Å². The molecule has 32 nitrogen and oxygen atoms in total. The van der Waals surface area contributed by atoms with Gasteiger partial charge in [0.15, 0.2) is 17.9 Å². The summed E-state index contributed by atoms with van der Waals surface area (Å²) in [7, 11) is 0. The van der Waals surface area contributed by atoms with E-state index in [9.17, 15) is 53.1 Å². The maximum Gasteiger partial charge on any atom is 0.326 e. The van der Waals surface area contributed by atoms with E-state index in [2.05, 4.69) is 72.8 Å². The molecule has 0 spiro atoms. The fourth-order valence-corrected chi connectivity index (χ4v) is 10.8. The van der Waals surface area contributed by atoms with Crippen molar-refractivity contribution >= 4 is 98.8 Å². The van der Waals surface area contributed by atoms with Crippen molar-refractivity contribution in [2.75, 3.05) is 19.6 Å². The Balaban J connectivity index is 1.63. The van der Waals surface area contributed by atoms with E-state index in [0.29, 0.717) is 17.5 Å². The maximum absolute atomic E-state index is 15.0. The van der Waals surface area contributed by atoms with Crippen LogP contribution in [-0.4, -0.2) is 172 Å². The summed E-state index contributed by atoms with van der Waals surface area (Å²) in [5, 5.41) is 36.3. The first-order valence-corrected chi connectivity index (χ1v) is 33.2. The quantitative estimate of drug-likeness (QED) is 0.0145. The molecule has 32 heteroatoms. The topological polar surface area (TPSA) is 550 Å². The molecule has 0 saturated heterocycles. The number of aliphatic imine (C=N–C) groups is 3. The van der Waals surface area contributed by atoms with Gasteiger partial charge in [-0.25, -0.2) is 4.79 Å². The number of para-hydroxylation sites is 2. The molecule has 10 atom stereocenters. The Hall–Kier alpha value is -10.0. The van der Waals surface area contributed by atoms with Crippen LogP contribution in [0.2, 0.25) is 0 Å². The van der Waals surface area contributed by atoms with Gasteiger partial charge >= 0.3 is 5.97 Å². The molecule has 98 heavy (non-hydrogen) atoms. The number of nitrogens with two attached hydrogens (primary N) is 7. The van der Waals surface area contributed by atoms with Crippen molar-refractivity contribution in [2.24, 2.45) is 84.7 Å². The molecule has 0 bridgehead atoms. The molecule has 540 valence electrons. The number of benzene rings is 2. The number of carboxylic acid groups (broad SMARTS) is 1. The number of fused-ring (bicyclic) bond motifs is 2. The summed E-state index contributed by atoms with van der Waals surface area (Å²) in [6, 6.07) is 1.62. The molecule has 2 aromatic heterocycles. The zero-order valence-corrected chi connectivity index (χ0v) is 57.8. The monoisotopic (exact) mass is 1370 g/mol. The number of carboxylic acids is 1. The van der Waals surface area contributed by atoms with E-state index in [1.165, 1.54) is 0 Å². The standard InChI is InChI=1S/C66H105N21O11/c1-33(2)28-47(81-54(88)42(67)20-15-25-74-64(68)69)57(91)84-52(36(7)8)61(95)87-51(35(5)6)60(94)83-49(30-39-32-78-44-22-14-12-19-41(39)44)58(92)85-53(37(9)10)62(96)86-50(34(3)4)59(93)82-48(29-38-31-77-43-21-13-11-18-40(38)43)56(90)79-45(23-16-26-75-65(70)71)55(89)80-46(63(97)98)24-17-27-76-66(72)73/h11-14,18-19,21-22,31-37,42,45-53,77-78H,15-17,20,23-30,67H2,1-10H3,(H,79,90)(H,80,89)(H,81,88)(H,82,93)(H,83,94)(H,84,91)(H,85,92)(H,86,96)(H,87,95)(H,97,98)(H4,68,69,74)(H4,70,71,75)(H4,72,73,76)/t42-,45-,46-,47-,48-,49-,50-,51-,52-,53-/m0/s1. The molecule has 0 radical (unpaired) electrons. The fourth-order valence-electron chi connectivity index (χ4n) is 10.8. The second-order valence-corrected chi connectivity index (χ2v) is 26.3. The van der Waals surface area contributed by atoms with Crippen molar-refractivity contribution in [2.45, 2.75) is 187 Å². The van der Waals surface area contributed by atoms with Gasteiger partial charge in [-0.15, -0.1) is 0 Å². The van der Waals surface area contributed by atoms with Gasteiger partial charge in [0.25, 0.3) is 0 Å². The van der Waals surface area contributed by atoms with E-state index in [4.69, 9.17) is 40.1 Å². The Morgan fingerprint density at radius 1 is 0.398 bits per heavy atom. The molecule has 0 aliphatic rings. The Morgan fingerprint density at radius 2 is 0.704 bits per heavy atom. The smallest absolute Gasteiger partial charge is 0.326 e. The first kappa shape index (κ1) is 80.4. The Kier molecular flexibility index (Phi) is 32.2. The summed E-state index contributed by atoms with van der Waals surface area (Å²) >= 11 is 0. The lowest BCUT2D eigenvalue weighted by Crippen LogP contribution is -2.62. The predicted molar refractivity (Wildman–Crippen MR) is 376 cm³/mol. The first-order chi connectivity index (χ1) is 46.2. The van der Waals surface area contributed by atoms with Crippen molar-refractivity contribution < 1.29 is 53.1 Å². The normalized spacial score (nSPS) is 14.5. The van der Waals surface area contributed by atoms with E-state index in [1.807, 2.05) is 56.3 Å². The van der Waals surface area contributed by atoms with Gasteiger partial charge in [-0.05, 0) is 97.8 Å². The van der Waals surface area contributed by atoms with E-state index < -0.39 is 143 Å². The van der Waals surface area contributed by atoms with Crippen LogP contribution in [0.3, 0.4) is 0 Å². The maximum atomic E-state index is 15.0. The second kappa shape index (κ2) is 39.3. The highest BCUT2D eigenvalue weighted by Gasteiger charge is 2.39. The summed E-state index contributed by atoms with van der Waals surface area (Å²) in [6.07, 6.45) is 4.10. The van der Waals surface area contributed by atoms with Gasteiger partial charge in [-0.2, -0.15) is 0 Å². The molecular formula is C66H105N21O11. The SMILES string of the molecule is CC(C)C[C@H](NC(=O)[C@@H](N)CCCN=C(N)N)C(=O)N[C@H](C(=O)N[C@H](C(=O)N[C@@H](Cc1c[nH]c2ccccc12)C(=O)N[C@H](C(=O)N[C@H](C(=O)N[C@@H](Cc1c[nH]c2ccccc12)C(=O)N[C@@H](CCCN=C(N)N)C(=O)N[C@@H](CCCN=C(N)N)C(=O)O)C(C)C)C(C)C)C(C)C)C(C)C. The highest BCUT2D eigenvalue weighted by Crippen LogP contribution is 2.22. The minimum absolute atomic E-state index is 0.0427. The summed E-state index contributed by atoms with van der Waals surface area (Å²) in [5.41, 5.74) is 41.6. The van der Waals surface area contributed by atoms with Gasteiger partial charge in [0, 0.05) is 66.7 Å². The predicted octanol–water partition coefficient (Wildman–Crippen LogP) is -0.960. The van der Waals surface area contributed by atoms with E-state index in [-0.39, 0.29) is 94.8 Å². The summed E-state index contributed by atoms with van der Waals surface area (Å²) in [5.74, 6) is -11.2. The third-order valence-electron chi connectivity index (χ3n) is 16.2. The van der Waals surface area contributed by atoms with Crippen molar-refractivity contribution in [1.29, 1.82) is 0 Å². The number of hydrogen-bond acceptors (Lipinski definition) is 14. The van der Waals surface area contributed by atoms with Crippen LogP contribution in [0.1, 0.15) is 125 Å². The number of rotatable bonds is 41. The molecule has 4 aromatic rings. The average molecular weight is 1370 g/mol. The molecule has 0 unspecified atom stereocenters. The molecule has 0 saturated carbocycles. The minimum atomic E-state index is -1.43. The lowest BCUT2D eigenvalue weighted by atomic mass is 9.97.